The third kappa shape index (κ3) is 3.64. The molecule has 2 aromatic rings. The lowest BCUT2D eigenvalue weighted by Gasteiger charge is -2.24. The Bertz CT molecular complexity index is 629. The van der Waals surface area contributed by atoms with Crippen LogP contribution in [0.3, 0.4) is 0 Å². The van der Waals surface area contributed by atoms with Gasteiger partial charge in [-0.1, -0.05) is 30.3 Å². The van der Waals surface area contributed by atoms with E-state index in [1.165, 1.54) is 6.07 Å². The predicted molar refractivity (Wildman–Crippen MR) is 77.9 cm³/mol. The van der Waals surface area contributed by atoms with Crippen LogP contribution in [0.5, 0.6) is 0 Å². The van der Waals surface area contributed by atoms with E-state index in [1.807, 2.05) is 30.3 Å². The molecule has 0 radical (unpaired) electrons. The van der Waals surface area contributed by atoms with Crippen LogP contribution in [0.1, 0.15) is 11.6 Å². The van der Waals surface area contributed by atoms with Crippen LogP contribution in [0, 0.1) is 11.6 Å². The van der Waals surface area contributed by atoms with Crippen molar-refractivity contribution in [2.75, 3.05) is 19.4 Å². The normalized spacial score (nSPS) is 12.2. The van der Waals surface area contributed by atoms with Gasteiger partial charge in [0.2, 0.25) is 5.91 Å². The molecule has 0 spiro atoms. The highest BCUT2D eigenvalue weighted by Crippen LogP contribution is 2.22. The van der Waals surface area contributed by atoms with Crippen molar-refractivity contribution in [1.29, 1.82) is 0 Å². The smallest absolute Gasteiger partial charge is 0.246 e. The number of carbonyl (C=O) groups is 1. The molecule has 0 aliphatic carbocycles. The number of anilines is 1. The van der Waals surface area contributed by atoms with Gasteiger partial charge in [-0.3, -0.25) is 9.69 Å². The van der Waals surface area contributed by atoms with Gasteiger partial charge in [-0.15, -0.1) is 0 Å². The highest BCUT2D eigenvalue weighted by Gasteiger charge is 2.23. The first-order valence-electron chi connectivity index (χ1n) is 6.46. The Labute approximate surface area is 122 Å². The second-order valence-electron chi connectivity index (χ2n) is 4.89. The molecule has 1 N–H and O–H groups in total. The number of benzene rings is 2. The number of likely N-dealkylation sites (N-methyl/N-ethyl adjacent to an activating group) is 1. The summed E-state index contributed by atoms with van der Waals surface area (Å²) in [5, 5.41) is 2.50. The van der Waals surface area contributed by atoms with Crippen LogP contribution in [0.25, 0.3) is 0 Å². The van der Waals surface area contributed by atoms with Gasteiger partial charge in [-0.25, -0.2) is 8.78 Å². The lowest BCUT2D eigenvalue weighted by atomic mass is 10.1. The number of hydrogen-bond acceptors (Lipinski definition) is 2. The largest absolute Gasteiger partial charge is 0.322 e. The Morgan fingerprint density at radius 3 is 2.33 bits per heavy atom. The minimum atomic E-state index is -0.797. The third-order valence-corrected chi connectivity index (χ3v) is 3.07. The summed E-state index contributed by atoms with van der Waals surface area (Å²) in [6.07, 6.45) is 0. The zero-order chi connectivity index (χ0) is 15.4. The number of nitrogens with zero attached hydrogens (tertiary/aromatic N) is 1. The maximum Gasteiger partial charge on any atom is 0.246 e. The summed E-state index contributed by atoms with van der Waals surface area (Å²) in [6, 6.07) is 11.7. The molecule has 5 heteroatoms. The molecular formula is C16H16F2N2O. The molecule has 1 unspecified atom stereocenters. The monoisotopic (exact) mass is 290 g/mol. The lowest BCUT2D eigenvalue weighted by Crippen LogP contribution is -2.32. The molecule has 0 aliphatic heterocycles. The Hall–Kier alpha value is -2.27. The molecule has 1 atom stereocenters. The Balaban J connectivity index is 2.24. The average Bonchev–Trinajstić information content (AvgIpc) is 2.43. The van der Waals surface area contributed by atoms with E-state index >= 15 is 0 Å². The summed E-state index contributed by atoms with van der Waals surface area (Å²) >= 11 is 0. The summed E-state index contributed by atoms with van der Waals surface area (Å²) in [6.45, 7) is 0. The number of carbonyl (C=O) groups excluding carboxylic acids is 1. The lowest BCUT2D eigenvalue weighted by molar-refractivity contribution is -0.120. The topological polar surface area (TPSA) is 32.3 Å². The second kappa shape index (κ2) is 6.45. The fourth-order valence-electron chi connectivity index (χ4n) is 2.11. The first-order valence-corrected chi connectivity index (χ1v) is 6.46. The molecule has 0 aromatic heterocycles. The molecule has 0 bridgehead atoms. The van der Waals surface area contributed by atoms with E-state index in [0.717, 1.165) is 17.7 Å². The summed E-state index contributed by atoms with van der Waals surface area (Å²) in [7, 11) is 3.52. The van der Waals surface area contributed by atoms with Gasteiger partial charge in [-0.05, 0) is 31.8 Å². The van der Waals surface area contributed by atoms with Crippen LogP contribution >= 0.6 is 0 Å². The molecule has 21 heavy (non-hydrogen) atoms. The molecule has 3 nitrogen and oxygen atoms in total. The first kappa shape index (κ1) is 15.1. The van der Waals surface area contributed by atoms with Crippen LogP contribution < -0.4 is 5.32 Å². The van der Waals surface area contributed by atoms with Crippen LogP contribution in [0.4, 0.5) is 14.5 Å². The van der Waals surface area contributed by atoms with Gasteiger partial charge in [0.15, 0.2) is 0 Å². The molecule has 0 aliphatic rings. The number of hydrogen-bond donors (Lipinski definition) is 1. The van der Waals surface area contributed by atoms with E-state index in [1.54, 1.807) is 19.0 Å². The van der Waals surface area contributed by atoms with Crippen molar-refractivity contribution < 1.29 is 13.6 Å². The zero-order valence-electron chi connectivity index (χ0n) is 11.8. The molecule has 0 saturated carbocycles. The molecule has 0 heterocycles. The van der Waals surface area contributed by atoms with Crippen LogP contribution in [0.2, 0.25) is 0 Å². The molecular weight excluding hydrogens is 274 g/mol. The third-order valence-electron chi connectivity index (χ3n) is 3.07. The van der Waals surface area contributed by atoms with Gasteiger partial charge >= 0.3 is 0 Å². The quantitative estimate of drug-likeness (QED) is 0.937. The van der Waals surface area contributed by atoms with Crippen LogP contribution in [-0.2, 0) is 4.79 Å². The minimum absolute atomic E-state index is 0.0378. The number of amides is 1. The van der Waals surface area contributed by atoms with E-state index in [0.29, 0.717) is 0 Å². The predicted octanol–water partition coefficient (Wildman–Crippen LogP) is 3.21. The maximum atomic E-state index is 13.6. The average molecular weight is 290 g/mol. The maximum absolute atomic E-state index is 13.6. The second-order valence-corrected chi connectivity index (χ2v) is 4.89. The minimum Gasteiger partial charge on any atom is -0.322 e. The highest BCUT2D eigenvalue weighted by atomic mass is 19.1. The van der Waals surface area contributed by atoms with Crippen molar-refractivity contribution in [2.24, 2.45) is 0 Å². The SMILES string of the molecule is CN(C)C(C(=O)Nc1ccc(F)cc1F)c1ccccc1. The standard InChI is InChI=1S/C16H16F2N2O/c1-20(2)15(11-6-4-3-5-7-11)16(21)19-14-9-8-12(17)10-13(14)18/h3-10,15H,1-2H3,(H,19,21). The van der Waals surface area contributed by atoms with Crippen molar-refractivity contribution in [2.45, 2.75) is 6.04 Å². The van der Waals surface area contributed by atoms with Crippen molar-refractivity contribution in [3.05, 3.63) is 65.7 Å². The van der Waals surface area contributed by atoms with Gasteiger partial charge in [0.05, 0.1) is 5.69 Å². The van der Waals surface area contributed by atoms with Crippen molar-refractivity contribution in [3.8, 4) is 0 Å². The van der Waals surface area contributed by atoms with Crippen LogP contribution in [-0.4, -0.2) is 24.9 Å². The molecule has 110 valence electrons. The molecule has 0 fully saturated rings. The Morgan fingerprint density at radius 1 is 1.10 bits per heavy atom. The fraction of sp³-hybridized carbons (Fsp3) is 0.188. The van der Waals surface area contributed by atoms with Crippen molar-refractivity contribution in [3.63, 3.8) is 0 Å². The molecule has 1 amide bonds. The first-order chi connectivity index (χ1) is 9.99. The van der Waals surface area contributed by atoms with E-state index in [9.17, 15) is 13.6 Å². The van der Waals surface area contributed by atoms with Gasteiger partial charge in [0.25, 0.3) is 0 Å². The van der Waals surface area contributed by atoms with E-state index < -0.39 is 17.7 Å². The fourth-order valence-corrected chi connectivity index (χ4v) is 2.11. The number of nitrogens with one attached hydrogen (secondary N) is 1. The van der Waals surface area contributed by atoms with Gasteiger partial charge in [0, 0.05) is 6.07 Å². The highest BCUT2D eigenvalue weighted by molar-refractivity contribution is 5.95. The number of rotatable bonds is 4. The van der Waals surface area contributed by atoms with Gasteiger partial charge in [0.1, 0.15) is 17.7 Å². The van der Waals surface area contributed by atoms with E-state index in [4.69, 9.17) is 0 Å². The Kier molecular flexibility index (Phi) is 4.65. The molecule has 2 rings (SSSR count). The van der Waals surface area contributed by atoms with E-state index in [-0.39, 0.29) is 11.6 Å². The van der Waals surface area contributed by atoms with Crippen molar-refractivity contribution in [1.82, 2.24) is 4.90 Å². The summed E-state index contributed by atoms with van der Waals surface area (Å²) < 4.78 is 26.5. The van der Waals surface area contributed by atoms with E-state index in [2.05, 4.69) is 5.32 Å². The number of halogens is 2. The zero-order valence-corrected chi connectivity index (χ0v) is 11.8. The Morgan fingerprint density at radius 2 is 1.76 bits per heavy atom. The summed E-state index contributed by atoms with van der Waals surface area (Å²) in [5.74, 6) is -1.86. The van der Waals surface area contributed by atoms with Crippen LogP contribution in [0.15, 0.2) is 48.5 Å². The molecule has 0 saturated heterocycles. The van der Waals surface area contributed by atoms with Gasteiger partial charge < -0.3 is 5.32 Å². The van der Waals surface area contributed by atoms with Crippen molar-refractivity contribution >= 4 is 11.6 Å². The molecule has 2 aromatic carbocycles. The summed E-state index contributed by atoms with van der Waals surface area (Å²) in [4.78, 5) is 14.1. The summed E-state index contributed by atoms with van der Waals surface area (Å²) in [5.41, 5.74) is 0.756. The van der Waals surface area contributed by atoms with Gasteiger partial charge in [-0.2, -0.15) is 0 Å².